The minimum absolute atomic E-state index is 0.0552. The Labute approximate surface area is 175 Å². The Morgan fingerprint density at radius 1 is 1.03 bits per heavy atom. The van der Waals surface area contributed by atoms with Crippen LogP contribution in [0.4, 0.5) is 17.1 Å². The number of anilines is 1. The number of rotatable bonds is 6. The van der Waals surface area contributed by atoms with Gasteiger partial charge in [0.15, 0.2) is 0 Å². The van der Waals surface area contributed by atoms with Crippen molar-refractivity contribution in [1.29, 1.82) is 5.26 Å². The number of nitro groups is 2. The van der Waals surface area contributed by atoms with Crippen LogP contribution in [0.2, 0.25) is 0 Å². The van der Waals surface area contributed by atoms with E-state index in [4.69, 9.17) is 4.42 Å². The van der Waals surface area contributed by atoms with Crippen molar-refractivity contribution < 1.29 is 19.1 Å². The van der Waals surface area contributed by atoms with Gasteiger partial charge in [0.05, 0.1) is 9.85 Å². The van der Waals surface area contributed by atoms with Gasteiger partial charge in [-0.2, -0.15) is 5.26 Å². The highest BCUT2D eigenvalue weighted by Crippen LogP contribution is 2.26. The molecule has 0 bridgehead atoms. The average molecular weight is 418 g/mol. The van der Waals surface area contributed by atoms with Crippen LogP contribution in [-0.4, -0.2) is 15.8 Å². The molecule has 1 N–H and O–H groups in total. The predicted octanol–water partition coefficient (Wildman–Crippen LogP) is 4.62. The van der Waals surface area contributed by atoms with Crippen molar-refractivity contribution in [2.24, 2.45) is 0 Å². The highest BCUT2D eigenvalue weighted by molar-refractivity contribution is 6.09. The SMILES string of the molecule is Cc1cc([N+](=O)[O-])ccc1NC(=O)C(C#N)=Cc1ccc(-c2ccc([N+](=O)[O-])cc2)o1. The van der Waals surface area contributed by atoms with Crippen LogP contribution >= 0.6 is 0 Å². The second-order valence-electron chi connectivity index (χ2n) is 6.39. The first-order chi connectivity index (χ1) is 14.8. The van der Waals surface area contributed by atoms with E-state index in [1.54, 1.807) is 25.1 Å². The Morgan fingerprint density at radius 3 is 2.26 bits per heavy atom. The molecule has 0 spiro atoms. The second-order valence-corrected chi connectivity index (χ2v) is 6.39. The van der Waals surface area contributed by atoms with Crippen LogP contribution in [0.25, 0.3) is 17.4 Å². The summed E-state index contributed by atoms with van der Waals surface area (Å²) in [4.78, 5) is 33.0. The summed E-state index contributed by atoms with van der Waals surface area (Å²) in [6, 6.07) is 14.7. The minimum atomic E-state index is -0.701. The summed E-state index contributed by atoms with van der Waals surface area (Å²) in [6.45, 7) is 1.60. The lowest BCUT2D eigenvalue weighted by molar-refractivity contribution is -0.385. The molecule has 3 aromatic rings. The van der Waals surface area contributed by atoms with Gasteiger partial charge in [0, 0.05) is 41.6 Å². The number of nitriles is 1. The fourth-order valence-corrected chi connectivity index (χ4v) is 2.72. The zero-order chi connectivity index (χ0) is 22.5. The number of benzene rings is 2. The summed E-state index contributed by atoms with van der Waals surface area (Å²) >= 11 is 0. The molecular weight excluding hydrogens is 404 g/mol. The van der Waals surface area contributed by atoms with E-state index in [1.165, 1.54) is 48.5 Å². The molecule has 31 heavy (non-hydrogen) atoms. The zero-order valence-corrected chi connectivity index (χ0v) is 16.1. The van der Waals surface area contributed by atoms with Crippen LogP contribution < -0.4 is 5.32 Å². The number of furan rings is 1. The molecule has 3 rings (SSSR count). The summed E-state index contributed by atoms with van der Waals surface area (Å²) < 4.78 is 5.62. The Balaban J connectivity index is 1.79. The van der Waals surface area contributed by atoms with E-state index in [0.29, 0.717) is 22.6 Å². The fourth-order valence-electron chi connectivity index (χ4n) is 2.72. The summed E-state index contributed by atoms with van der Waals surface area (Å²) in [5.41, 5.74) is 0.999. The molecular formula is C21H14N4O6. The van der Waals surface area contributed by atoms with Gasteiger partial charge in [0.25, 0.3) is 17.3 Å². The number of hydrogen-bond donors (Lipinski definition) is 1. The van der Waals surface area contributed by atoms with Gasteiger partial charge >= 0.3 is 0 Å². The van der Waals surface area contributed by atoms with Crippen molar-refractivity contribution in [1.82, 2.24) is 0 Å². The van der Waals surface area contributed by atoms with Gasteiger partial charge < -0.3 is 9.73 Å². The third-order valence-electron chi connectivity index (χ3n) is 4.31. The van der Waals surface area contributed by atoms with Crippen molar-refractivity contribution in [2.75, 3.05) is 5.32 Å². The van der Waals surface area contributed by atoms with Crippen molar-refractivity contribution in [3.05, 3.63) is 91.7 Å². The molecule has 1 aromatic heterocycles. The van der Waals surface area contributed by atoms with Crippen LogP contribution in [0.3, 0.4) is 0 Å². The average Bonchev–Trinajstić information content (AvgIpc) is 3.22. The second kappa shape index (κ2) is 8.71. The molecule has 0 fully saturated rings. The molecule has 0 radical (unpaired) electrons. The zero-order valence-electron chi connectivity index (χ0n) is 16.1. The molecule has 0 aliphatic carbocycles. The topological polar surface area (TPSA) is 152 Å². The molecule has 0 aliphatic heterocycles. The number of nitrogens with zero attached hydrogens (tertiary/aromatic N) is 3. The highest BCUT2D eigenvalue weighted by Gasteiger charge is 2.15. The lowest BCUT2D eigenvalue weighted by Gasteiger charge is -2.07. The van der Waals surface area contributed by atoms with Gasteiger partial charge in [-0.1, -0.05) is 0 Å². The number of nitro benzene ring substituents is 2. The number of hydrogen-bond acceptors (Lipinski definition) is 7. The summed E-state index contributed by atoms with van der Waals surface area (Å²) in [5, 5.41) is 33.5. The number of nitrogens with one attached hydrogen (secondary N) is 1. The van der Waals surface area contributed by atoms with E-state index < -0.39 is 15.8 Å². The fraction of sp³-hybridized carbons (Fsp3) is 0.0476. The van der Waals surface area contributed by atoms with Crippen LogP contribution in [0.15, 0.2) is 64.6 Å². The quantitative estimate of drug-likeness (QED) is 0.265. The third kappa shape index (κ3) is 4.80. The van der Waals surface area contributed by atoms with Gasteiger partial charge in [0.1, 0.15) is 23.2 Å². The maximum atomic E-state index is 12.5. The Hall–Kier alpha value is -4.78. The molecule has 154 valence electrons. The first-order valence-electron chi connectivity index (χ1n) is 8.81. The number of non-ortho nitro benzene ring substituents is 2. The molecule has 10 nitrogen and oxygen atoms in total. The minimum Gasteiger partial charge on any atom is -0.457 e. The van der Waals surface area contributed by atoms with E-state index in [-0.39, 0.29) is 22.7 Å². The van der Waals surface area contributed by atoms with Crippen LogP contribution in [0.5, 0.6) is 0 Å². The first-order valence-corrected chi connectivity index (χ1v) is 8.81. The van der Waals surface area contributed by atoms with Gasteiger partial charge in [-0.3, -0.25) is 25.0 Å². The molecule has 0 atom stereocenters. The highest BCUT2D eigenvalue weighted by atomic mass is 16.6. The van der Waals surface area contributed by atoms with Gasteiger partial charge in [-0.15, -0.1) is 0 Å². The lowest BCUT2D eigenvalue weighted by Crippen LogP contribution is -2.14. The number of amides is 1. The molecule has 0 saturated heterocycles. The number of carbonyl (C=O) groups is 1. The first kappa shape index (κ1) is 20.9. The molecule has 10 heteroatoms. The van der Waals surface area contributed by atoms with Gasteiger partial charge in [0.2, 0.25) is 0 Å². The molecule has 1 amide bonds. The maximum Gasteiger partial charge on any atom is 0.269 e. The smallest absolute Gasteiger partial charge is 0.269 e. The molecule has 0 saturated carbocycles. The Kier molecular flexibility index (Phi) is 5.88. The Bertz CT molecular complexity index is 1250. The number of carbonyl (C=O) groups excluding carboxylic acids is 1. The third-order valence-corrected chi connectivity index (χ3v) is 4.31. The molecule has 0 unspecified atom stereocenters. The molecule has 2 aromatic carbocycles. The Morgan fingerprint density at radius 2 is 1.68 bits per heavy atom. The summed E-state index contributed by atoms with van der Waals surface area (Å²) in [7, 11) is 0. The van der Waals surface area contributed by atoms with Crippen LogP contribution in [0.1, 0.15) is 11.3 Å². The van der Waals surface area contributed by atoms with E-state index in [9.17, 15) is 30.3 Å². The van der Waals surface area contributed by atoms with Gasteiger partial charge in [-0.25, -0.2) is 0 Å². The van der Waals surface area contributed by atoms with Crippen LogP contribution in [-0.2, 0) is 4.79 Å². The molecule has 1 heterocycles. The van der Waals surface area contributed by atoms with Crippen molar-refractivity contribution in [3.63, 3.8) is 0 Å². The van der Waals surface area contributed by atoms with E-state index >= 15 is 0 Å². The predicted molar refractivity (Wildman–Crippen MR) is 111 cm³/mol. The van der Waals surface area contributed by atoms with Crippen molar-refractivity contribution in [2.45, 2.75) is 6.92 Å². The summed E-state index contributed by atoms with van der Waals surface area (Å²) in [6.07, 6.45) is 1.25. The van der Waals surface area contributed by atoms with E-state index in [2.05, 4.69) is 5.32 Å². The normalized spacial score (nSPS) is 10.9. The van der Waals surface area contributed by atoms with E-state index in [0.717, 1.165) is 0 Å². The largest absolute Gasteiger partial charge is 0.457 e. The maximum absolute atomic E-state index is 12.5. The van der Waals surface area contributed by atoms with Crippen LogP contribution in [0, 0.1) is 38.5 Å². The van der Waals surface area contributed by atoms with Crippen molar-refractivity contribution in [3.8, 4) is 17.4 Å². The lowest BCUT2D eigenvalue weighted by atomic mass is 10.1. The van der Waals surface area contributed by atoms with E-state index in [1.807, 2.05) is 0 Å². The standard InChI is InChI=1S/C21H14N4O6/c1-13-10-17(25(29)30)6-8-19(13)23-21(26)15(12-22)11-18-7-9-20(31-18)14-2-4-16(5-3-14)24(27)28/h2-11H,1H3,(H,23,26). The molecule has 0 aliphatic rings. The van der Waals surface area contributed by atoms with Crippen molar-refractivity contribution >= 4 is 29.0 Å². The summed E-state index contributed by atoms with van der Waals surface area (Å²) in [5.74, 6) is -0.0572. The number of aryl methyl sites for hydroxylation is 1. The van der Waals surface area contributed by atoms with Gasteiger partial charge in [-0.05, 0) is 42.8 Å². The monoisotopic (exact) mass is 418 g/mol.